The highest BCUT2D eigenvalue weighted by Crippen LogP contribution is 2.30. The van der Waals surface area contributed by atoms with Gasteiger partial charge in [0.2, 0.25) is 0 Å². The van der Waals surface area contributed by atoms with E-state index in [-0.39, 0.29) is 22.8 Å². The maximum atomic E-state index is 13.1. The highest BCUT2D eigenvalue weighted by Gasteiger charge is 2.38. The molecule has 0 N–H and O–H groups in total. The lowest BCUT2D eigenvalue weighted by atomic mass is 10.2. The first kappa shape index (κ1) is 16.9. The van der Waals surface area contributed by atoms with Crippen LogP contribution < -0.4 is 4.31 Å². The Hall–Kier alpha value is -1.93. The molecule has 0 amide bonds. The van der Waals surface area contributed by atoms with Crippen molar-refractivity contribution in [3.63, 3.8) is 0 Å². The van der Waals surface area contributed by atoms with E-state index >= 15 is 0 Å². The molecule has 5 nitrogen and oxygen atoms in total. The summed E-state index contributed by atoms with van der Waals surface area (Å²) in [7, 11) is -7.27. The van der Waals surface area contributed by atoms with Crippen LogP contribution in [-0.4, -0.2) is 34.4 Å². The van der Waals surface area contributed by atoms with E-state index in [2.05, 4.69) is 0 Å². The molecule has 0 saturated carbocycles. The minimum Gasteiger partial charge on any atom is -0.262 e. The van der Waals surface area contributed by atoms with Gasteiger partial charge in [0, 0.05) is 0 Å². The van der Waals surface area contributed by atoms with Crippen molar-refractivity contribution in [1.29, 1.82) is 0 Å². The van der Waals surface area contributed by atoms with E-state index in [0.29, 0.717) is 5.69 Å². The number of benzene rings is 2. The fourth-order valence-corrected chi connectivity index (χ4v) is 6.27. The first-order valence-electron chi connectivity index (χ1n) is 7.35. The van der Waals surface area contributed by atoms with Gasteiger partial charge in [0.15, 0.2) is 9.84 Å². The summed E-state index contributed by atoms with van der Waals surface area (Å²) in [6, 6.07) is 12.2. The Bertz CT molecular complexity index is 926. The van der Waals surface area contributed by atoms with Crippen molar-refractivity contribution in [2.75, 3.05) is 15.8 Å². The van der Waals surface area contributed by atoms with E-state index in [1.54, 1.807) is 30.3 Å². The largest absolute Gasteiger partial charge is 0.264 e. The summed E-state index contributed by atoms with van der Waals surface area (Å²) in [4.78, 5) is -0.0722. The average Bonchev–Trinajstić information content (AvgIpc) is 2.88. The second-order valence-corrected chi connectivity index (χ2v) is 9.69. The van der Waals surface area contributed by atoms with Crippen molar-refractivity contribution in [3.05, 3.63) is 60.4 Å². The number of rotatable bonds is 4. The summed E-state index contributed by atoms with van der Waals surface area (Å²) < 4.78 is 64.0. The van der Waals surface area contributed by atoms with Gasteiger partial charge < -0.3 is 0 Å². The van der Waals surface area contributed by atoms with E-state index in [9.17, 15) is 21.2 Å². The predicted octanol–water partition coefficient (Wildman–Crippen LogP) is 2.21. The van der Waals surface area contributed by atoms with Crippen molar-refractivity contribution in [2.24, 2.45) is 0 Å². The zero-order chi connectivity index (χ0) is 17.4. The van der Waals surface area contributed by atoms with Crippen LogP contribution >= 0.6 is 0 Å². The van der Waals surface area contributed by atoms with E-state index < -0.39 is 31.7 Å². The molecule has 128 valence electrons. The zero-order valence-corrected chi connectivity index (χ0v) is 14.3. The summed E-state index contributed by atoms with van der Waals surface area (Å²) >= 11 is 0. The molecule has 24 heavy (non-hydrogen) atoms. The van der Waals surface area contributed by atoms with Crippen LogP contribution in [0.25, 0.3) is 0 Å². The Morgan fingerprint density at radius 2 is 1.62 bits per heavy atom. The third-order valence-electron chi connectivity index (χ3n) is 3.92. The standard InChI is InChI=1S/C16H16FNO4S2/c17-13-6-8-16(9-7-13)24(21,22)18(14-4-2-1-3-5-14)15-10-11-23(19,20)12-15/h1-9,15H,10-12H2/t15-/m0/s1. The molecular weight excluding hydrogens is 353 g/mol. The number of para-hydroxylation sites is 1. The number of hydrogen-bond donors (Lipinski definition) is 0. The molecule has 1 atom stereocenters. The van der Waals surface area contributed by atoms with Gasteiger partial charge in [-0.1, -0.05) is 18.2 Å². The summed E-state index contributed by atoms with van der Waals surface area (Å²) in [6.45, 7) is 0. The zero-order valence-electron chi connectivity index (χ0n) is 12.7. The number of halogens is 1. The SMILES string of the molecule is O=S1(=O)CC[C@H](N(c2ccccc2)S(=O)(=O)c2ccc(F)cc2)C1. The summed E-state index contributed by atoms with van der Waals surface area (Å²) in [5.41, 5.74) is 0.393. The second-order valence-electron chi connectivity index (χ2n) is 5.65. The quantitative estimate of drug-likeness (QED) is 0.828. The minimum absolute atomic E-state index is 0.0417. The fourth-order valence-electron chi connectivity index (χ4n) is 2.80. The lowest BCUT2D eigenvalue weighted by molar-refractivity contribution is 0.579. The Morgan fingerprint density at radius 3 is 2.17 bits per heavy atom. The molecule has 3 rings (SSSR count). The molecule has 0 aliphatic carbocycles. The molecule has 1 heterocycles. The van der Waals surface area contributed by atoms with Gasteiger partial charge in [-0.2, -0.15) is 0 Å². The molecule has 1 aliphatic heterocycles. The van der Waals surface area contributed by atoms with Crippen molar-refractivity contribution >= 4 is 25.5 Å². The van der Waals surface area contributed by atoms with Gasteiger partial charge in [-0.15, -0.1) is 0 Å². The van der Waals surface area contributed by atoms with E-state index in [4.69, 9.17) is 0 Å². The van der Waals surface area contributed by atoms with Crippen LogP contribution in [0.4, 0.5) is 10.1 Å². The predicted molar refractivity (Wildman–Crippen MR) is 89.6 cm³/mol. The first-order chi connectivity index (χ1) is 11.3. The highest BCUT2D eigenvalue weighted by atomic mass is 32.2. The number of anilines is 1. The smallest absolute Gasteiger partial charge is 0.262 e. The molecular formula is C16H16FNO4S2. The van der Waals surface area contributed by atoms with E-state index in [1.165, 1.54) is 12.1 Å². The monoisotopic (exact) mass is 369 g/mol. The van der Waals surface area contributed by atoms with Crippen LogP contribution in [0.15, 0.2) is 59.5 Å². The Morgan fingerprint density at radius 1 is 1.00 bits per heavy atom. The van der Waals surface area contributed by atoms with Gasteiger partial charge in [-0.25, -0.2) is 21.2 Å². The van der Waals surface area contributed by atoms with Crippen LogP contribution in [0.2, 0.25) is 0 Å². The topological polar surface area (TPSA) is 71.5 Å². The van der Waals surface area contributed by atoms with Gasteiger partial charge in [0.05, 0.1) is 28.1 Å². The highest BCUT2D eigenvalue weighted by molar-refractivity contribution is 7.93. The van der Waals surface area contributed by atoms with Gasteiger partial charge in [-0.3, -0.25) is 4.31 Å². The molecule has 0 unspecified atom stereocenters. The lowest BCUT2D eigenvalue weighted by Gasteiger charge is -2.29. The normalized spacial score (nSPS) is 20.0. The molecule has 1 aliphatic rings. The lowest BCUT2D eigenvalue weighted by Crippen LogP contribution is -2.41. The number of nitrogens with zero attached hydrogens (tertiary/aromatic N) is 1. The van der Waals surface area contributed by atoms with Crippen LogP contribution in [0.1, 0.15) is 6.42 Å². The van der Waals surface area contributed by atoms with Gasteiger partial charge in [0.1, 0.15) is 5.82 Å². The van der Waals surface area contributed by atoms with Crippen molar-refractivity contribution in [3.8, 4) is 0 Å². The second kappa shape index (κ2) is 6.18. The molecule has 1 fully saturated rings. The minimum atomic E-state index is -4.00. The van der Waals surface area contributed by atoms with Crippen molar-refractivity contribution in [2.45, 2.75) is 17.4 Å². The fraction of sp³-hybridized carbons (Fsp3) is 0.250. The maximum Gasteiger partial charge on any atom is 0.264 e. The van der Waals surface area contributed by atoms with Crippen LogP contribution in [-0.2, 0) is 19.9 Å². The molecule has 1 saturated heterocycles. The summed E-state index contributed by atoms with van der Waals surface area (Å²) in [6.07, 6.45) is 0.234. The van der Waals surface area contributed by atoms with E-state index in [0.717, 1.165) is 16.4 Å². The van der Waals surface area contributed by atoms with Gasteiger partial charge >= 0.3 is 0 Å². The number of hydrogen-bond acceptors (Lipinski definition) is 4. The first-order valence-corrected chi connectivity index (χ1v) is 10.6. The van der Waals surface area contributed by atoms with E-state index in [1.807, 2.05) is 0 Å². The summed E-state index contributed by atoms with van der Waals surface area (Å²) in [5, 5.41) is 0. The van der Waals surface area contributed by atoms with Crippen molar-refractivity contribution < 1.29 is 21.2 Å². The molecule has 0 aromatic heterocycles. The average molecular weight is 369 g/mol. The summed E-state index contributed by atoms with van der Waals surface area (Å²) in [5.74, 6) is -0.800. The maximum absolute atomic E-state index is 13.1. The number of sulfonamides is 1. The molecule has 0 bridgehead atoms. The molecule has 2 aromatic rings. The molecule has 0 radical (unpaired) electrons. The molecule has 0 spiro atoms. The van der Waals surface area contributed by atoms with Crippen LogP contribution in [0.3, 0.4) is 0 Å². The Balaban J connectivity index is 2.09. The van der Waals surface area contributed by atoms with Crippen LogP contribution in [0.5, 0.6) is 0 Å². The Labute approximate surface area is 140 Å². The molecule has 2 aromatic carbocycles. The Kier molecular flexibility index (Phi) is 4.35. The molecule has 8 heteroatoms. The third-order valence-corrected chi connectivity index (χ3v) is 7.57. The van der Waals surface area contributed by atoms with Gasteiger partial charge in [0.25, 0.3) is 10.0 Å². The van der Waals surface area contributed by atoms with Gasteiger partial charge in [-0.05, 0) is 42.8 Å². The van der Waals surface area contributed by atoms with Crippen LogP contribution in [0, 0.1) is 5.82 Å². The number of sulfone groups is 1. The third kappa shape index (κ3) is 3.29. The van der Waals surface area contributed by atoms with Crippen molar-refractivity contribution in [1.82, 2.24) is 0 Å².